The van der Waals surface area contributed by atoms with Crippen molar-refractivity contribution < 1.29 is 19.1 Å². The molecule has 1 heterocycles. The van der Waals surface area contributed by atoms with Gasteiger partial charge in [0.1, 0.15) is 23.5 Å². The fraction of sp³-hybridized carbons (Fsp3) is 0.0870. The van der Waals surface area contributed by atoms with Crippen LogP contribution in [0.1, 0.15) is 22.6 Å². The Morgan fingerprint density at radius 1 is 1.03 bits per heavy atom. The summed E-state index contributed by atoms with van der Waals surface area (Å²) < 4.78 is 11.2. The lowest BCUT2D eigenvalue weighted by Crippen LogP contribution is -2.26. The van der Waals surface area contributed by atoms with Crippen molar-refractivity contribution in [1.29, 1.82) is 5.26 Å². The normalized spacial score (nSPS) is 12.0. The molecule has 0 radical (unpaired) electrons. The Morgan fingerprint density at radius 2 is 1.67 bits per heavy atom. The number of benzene rings is 3. The third-order valence-electron chi connectivity index (χ3n) is 4.64. The Morgan fingerprint density at radius 3 is 2.30 bits per heavy atom. The smallest absolute Gasteiger partial charge is 0.318 e. The van der Waals surface area contributed by atoms with Crippen molar-refractivity contribution in [2.45, 2.75) is 5.92 Å². The minimum atomic E-state index is -0.709. The van der Waals surface area contributed by atoms with E-state index in [0.29, 0.717) is 27.6 Å². The van der Waals surface area contributed by atoms with Gasteiger partial charge in [-0.3, -0.25) is 9.59 Å². The highest BCUT2D eigenvalue weighted by Crippen LogP contribution is 2.44. The van der Waals surface area contributed by atoms with Gasteiger partial charge in [0.05, 0.1) is 11.3 Å². The van der Waals surface area contributed by atoms with Gasteiger partial charge in [-0.15, -0.1) is 0 Å². The molecule has 0 spiro atoms. The van der Waals surface area contributed by atoms with Crippen molar-refractivity contribution >= 4 is 29.2 Å². The van der Waals surface area contributed by atoms with E-state index in [1.165, 1.54) is 12.1 Å². The largest absolute Gasteiger partial charge is 0.457 e. The van der Waals surface area contributed by atoms with Gasteiger partial charge >= 0.3 is 5.97 Å². The van der Waals surface area contributed by atoms with E-state index in [-0.39, 0.29) is 11.3 Å². The molecule has 0 unspecified atom stereocenters. The number of nitriles is 1. The number of halogens is 1. The quantitative estimate of drug-likeness (QED) is 0.624. The van der Waals surface area contributed by atoms with Gasteiger partial charge in [-0.2, -0.15) is 5.26 Å². The fourth-order valence-electron chi connectivity index (χ4n) is 3.29. The first kappa shape index (κ1) is 19.5. The molecule has 1 N–H and O–H groups in total. The topological polar surface area (TPSA) is 88.4 Å². The molecule has 0 atom stereocenters. The number of rotatable bonds is 4. The van der Waals surface area contributed by atoms with Gasteiger partial charge in [0.15, 0.2) is 6.61 Å². The summed E-state index contributed by atoms with van der Waals surface area (Å²) in [6, 6.07) is 20.9. The molecule has 0 saturated heterocycles. The first-order valence-electron chi connectivity index (χ1n) is 9.08. The van der Waals surface area contributed by atoms with Crippen LogP contribution >= 0.6 is 11.6 Å². The SMILES string of the molecule is N#Cc1ccc(Cl)cc1NC(=O)COC(=O)C1c2ccccc2Oc2ccccc21. The van der Waals surface area contributed by atoms with Gasteiger partial charge in [0, 0.05) is 16.1 Å². The summed E-state index contributed by atoms with van der Waals surface area (Å²) in [7, 11) is 0. The maximum absolute atomic E-state index is 12.9. The summed E-state index contributed by atoms with van der Waals surface area (Å²) in [5.74, 6) is -0.712. The number of carbonyl (C=O) groups is 2. The average Bonchev–Trinajstić information content (AvgIpc) is 2.76. The number of esters is 1. The fourth-order valence-corrected chi connectivity index (χ4v) is 3.46. The summed E-state index contributed by atoms with van der Waals surface area (Å²) in [5, 5.41) is 12.1. The van der Waals surface area contributed by atoms with Crippen LogP contribution in [0.5, 0.6) is 11.5 Å². The average molecular weight is 419 g/mol. The highest BCUT2D eigenvalue weighted by atomic mass is 35.5. The second-order valence-electron chi connectivity index (χ2n) is 6.57. The molecule has 0 saturated carbocycles. The number of carbonyl (C=O) groups excluding carboxylic acids is 2. The number of hydrogen-bond acceptors (Lipinski definition) is 5. The van der Waals surface area contributed by atoms with Gasteiger partial charge in [-0.25, -0.2) is 0 Å². The van der Waals surface area contributed by atoms with Crippen molar-refractivity contribution in [2.75, 3.05) is 11.9 Å². The monoisotopic (exact) mass is 418 g/mol. The number of fused-ring (bicyclic) bond motifs is 2. The van der Waals surface area contributed by atoms with E-state index in [1.54, 1.807) is 30.3 Å². The Hall–Kier alpha value is -3.82. The summed E-state index contributed by atoms with van der Waals surface area (Å²) in [4.78, 5) is 25.2. The molecule has 0 aliphatic carbocycles. The van der Waals surface area contributed by atoms with E-state index < -0.39 is 24.4 Å². The molecule has 0 bridgehead atoms. The molecule has 0 aromatic heterocycles. The molecule has 1 aliphatic heterocycles. The number of nitrogens with one attached hydrogen (secondary N) is 1. The molecular weight excluding hydrogens is 404 g/mol. The van der Waals surface area contributed by atoms with E-state index in [2.05, 4.69) is 5.32 Å². The number of anilines is 1. The maximum atomic E-state index is 12.9. The Kier molecular flexibility index (Phi) is 5.38. The third kappa shape index (κ3) is 3.84. The molecule has 6 nitrogen and oxygen atoms in total. The van der Waals surface area contributed by atoms with Crippen molar-refractivity contribution in [3.8, 4) is 17.6 Å². The zero-order valence-electron chi connectivity index (χ0n) is 15.6. The lowest BCUT2D eigenvalue weighted by molar-refractivity contribution is -0.148. The van der Waals surface area contributed by atoms with E-state index in [9.17, 15) is 9.59 Å². The lowest BCUT2D eigenvalue weighted by Gasteiger charge is -2.26. The van der Waals surface area contributed by atoms with Crippen LogP contribution in [0.25, 0.3) is 0 Å². The standard InChI is InChI=1S/C23H15ClN2O4/c24-15-10-9-14(12-25)18(11-15)26-21(27)13-29-23(28)22-16-5-1-3-7-19(16)30-20-8-4-2-6-17(20)22/h1-11,22H,13H2,(H,26,27). The third-order valence-corrected chi connectivity index (χ3v) is 4.87. The van der Waals surface area contributed by atoms with Crippen LogP contribution in [0.4, 0.5) is 5.69 Å². The van der Waals surface area contributed by atoms with Crippen LogP contribution in [0, 0.1) is 11.3 Å². The zero-order valence-corrected chi connectivity index (χ0v) is 16.3. The van der Waals surface area contributed by atoms with Gasteiger partial charge in [0.2, 0.25) is 0 Å². The Labute approximate surface area is 177 Å². The van der Waals surface area contributed by atoms with Crippen LogP contribution < -0.4 is 10.1 Å². The Balaban J connectivity index is 1.51. The van der Waals surface area contributed by atoms with E-state index in [0.717, 1.165) is 0 Å². The molecule has 7 heteroatoms. The van der Waals surface area contributed by atoms with Gasteiger partial charge < -0.3 is 14.8 Å². The van der Waals surface area contributed by atoms with Crippen LogP contribution in [0.3, 0.4) is 0 Å². The van der Waals surface area contributed by atoms with Crippen molar-refractivity contribution in [3.05, 3.63) is 88.4 Å². The molecule has 3 aromatic rings. The van der Waals surface area contributed by atoms with Gasteiger partial charge in [-0.1, -0.05) is 48.0 Å². The lowest BCUT2D eigenvalue weighted by atomic mass is 9.88. The molecule has 1 aliphatic rings. The molecular formula is C23H15ClN2O4. The summed E-state index contributed by atoms with van der Waals surface area (Å²) in [6.07, 6.45) is 0. The summed E-state index contributed by atoms with van der Waals surface area (Å²) in [6.45, 7) is -0.502. The van der Waals surface area contributed by atoms with Crippen LogP contribution in [0.2, 0.25) is 5.02 Å². The van der Waals surface area contributed by atoms with Crippen LogP contribution in [-0.4, -0.2) is 18.5 Å². The number of amides is 1. The minimum Gasteiger partial charge on any atom is -0.457 e. The molecule has 30 heavy (non-hydrogen) atoms. The molecule has 1 amide bonds. The number of hydrogen-bond donors (Lipinski definition) is 1. The molecule has 4 rings (SSSR count). The van der Waals surface area contributed by atoms with Crippen LogP contribution in [0.15, 0.2) is 66.7 Å². The first-order valence-corrected chi connectivity index (χ1v) is 9.46. The Bertz CT molecular complexity index is 1140. The molecule has 0 fully saturated rings. The van der Waals surface area contributed by atoms with Crippen LogP contribution in [-0.2, 0) is 14.3 Å². The zero-order chi connectivity index (χ0) is 21.1. The summed E-state index contributed by atoms with van der Waals surface area (Å²) >= 11 is 5.92. The highest BCUT2D eigenvalue weighted by molar-refractivity contribution is 6.31. The molecule has 3 aromatic carbocycles. The second-order valence-corrected chi connectivity index (χ2v) is 7.00. The summed E-state index contributed by atoms with van der Waals surface area (Å²) in [5.41, 5.74) is 1.85. The minimum absolute atomic E-state index is 0.256. The highest BCUT2D eigenvalue weighted by Gasteiger charge is 2.33. The van der Waals surface area contributed by atoms with Crippen molar-refractivity contribution in [2.24, 2.45) is 0 Å². The predicted octanol–water partition coefficient (Wildman–Crippen LogP) is 4.63. The number of nitrogens with zero attached hydrogens (tertiary/aromatic N) is 1. The van der Waals surface area contributed by atoms with Crippen molar-refractivity contribution in [1.82, 2.24) is 0 Å². The maximum Gasteiger partial charge on any atom is 0.318 e. The predicted molar refractivity (Wildman–Crippen MR) is 111 cm³/mol. The second kappa shape index (κ2) is 8.27. The van der Waals surface area contributed by atoms with Gasteiger partial charge in [-0.05, 0) is 30.3 Å². The number of ether oxygens (including phenoxy) is 2. The van der Waals surface area contributed by atoms with E-state index in [1.807, 2.05) is 30.3 Å². The van der Waals surface area contributed by atoms with E-state index in [4.69, 9.17) is 26.3 Å². The van der Waals surface area contributed by atoms with Gasteiger partial charge in [0.25, 0.3) is 5.91 Å². The number of para-hydroxylation sites is 2. The molecule has 148 valence electrons. The first-order chi connectivity index (χ1) is 14.6. The van der Waals surface area contributed by atoms with Crippen molar-refractivity contribution in [3.63, 3.8) is 0 Å². The van der Waals surface area contributed by atoms with E-state index >= 15 is 0 Å².